The summed E-state index contributed by atoms with van der Waals surface area (Å²) in [5, 5.41) is 19.2. The molecule has 0 radical (unpaired) electrons. The Balaban J connectivity index is 2.62. The number of carboxylic acid groups (broad SMARTS) is 1. The first-order chi connectivity index (χ1) is 18.5. The average molecular weight is 567 g/mol. The molecule has 0 heterocycles. The minimum atomic E-state index is -1.18. The maximum Gasteiger partial charge on any atom is 0.326 e. The first kappa shape index (κ1) is 33.2. The van der Waals surface area contributed by atoms with Crippen LogP contribution in [0.1, 0.15) is 24.8 Å². The molecule has 11 N–H and O–H groups in total. The van der Waals surface area contributed by atoms with Gasteiger partial charge in [-0.1, -0.05) is 30.3 Å². The van der Waals surface area contributed by atoms with E-state index in [1.54, 1.807) is 30.3 Å². The molecule has 1 rings (SSSR count). The van der Waals surface area contributed by atoms with Gasteiger partial charge in [-0.3, -0.25) is 24.2 Å². The Kier molecular flexibility index (Phi) is 15.7. The van der Waals surface area contributed by atoms with E-state index >= 15 is 0 Å². The molecule has 0 aliphatic rings. The molecule has 216 valence electrons. The Morgan fingerprint density at radius 1 is 0.923 bits per heavy atom. The van der Waals surface area contributed by atoms with Gasteiger partial charge in [-0.25, -0.2) is 4.79 Å². The normalized spacial score (nSPS) is 12.8. The number of carbonyl (C=O) groups excluding carboxylic acids is 4. The first-order valence-electron chi connectivity index (χ1n) is 12.2. The number of carbonyl (C=O) groups is 5. The smallest absolute Gasteiger partial charge is 0.326 e. The van der Waals surface area contributed by atoms with Crippen molar-refractivity contribution in [1.29, 1.82) is 0 Å². The molecule has 0 aliphatic heterocycles. The molecule has 1 aromatic carbocycles. The number of hydrogen-bond acceptors (Lipinski definition) is 8. The third kappa shape index (κ3) is 14.6. The van der Waals surface area contributed by atoms with Gasteiger partial charge in [0.15, 0.2) is 5.96 Å². The molecule has 0 bridgehead atoms. The highest BCUT2D eigenvalue weighted by atomic mass is 32.2. The number of rotatable bonds is 18. The number of guanidine groups is 1. The van der Waals surface area contributed by atoms with Crippen molar-refractivity contribution in [3.05, 3.63) is 35.9 Å². The summed E-state index contributed by atoms with van der Waals surface area (Å²) in [5.41, 5.74) is 17.0. The lowest BCUT2D eigenvalue weighted by atomic mass is 10.0. The van der Waals surface area contributed by atoms with Gasteiger partial charge in [0.25, 0.3) is 0 Å². The maximum absolute atomic E-state index is 12.9. The lowest BCUT2D eigenvalue weighted by Gasteiger charge is -2.22. The summed E-state index contributed by atoms with van der Waals surface area (Å²) in [5.74, 6) is -3.22. The van der Waals surface area contributed by atoms with Gasteiger partial charge in [0.2, 0.25) is 23.6 Å². The number of thioether (sulfide) groups is 1. The molecular formula is C24H38N8O6S. The lowest BCUT2D eigenvalue weighted by Crippen LogP contribution is -2.54. The first-order valence-corrected chi connectivity index (χ1v) is 13.6. The lowest BCUT2D eigenvalue weighted by molar-refractivity contribution is -0.142. The largest absolute Gasteiger partial charge is 0.480 e. The number of aliphatic imine (C=N–C) groups is 1. The van der Waals surface area contributed by atoms with E-state index in [0.717, 1.165) is 5.56 Å². The standard InChI is InChI=1S/C24H38N8O6S/c1-39-11-9-17(23(37)38)32-22(36)18(12-15-6-3-2-4-7-15)31-20(34)14-29-19(33)13-30-21(35)16(25)8-5-10-28-24(26)27/h2-4,6-7,16-18H,5,8-14,25H2,1H3,(H,29,33)(H,30,35)(H,31,34)(H,32,36)(H,37,38)(H4,26,27,28)/t16-,17-,18-/m0/s1. The fourth-order valence-corrected chi connectivity index (χ4v) is 3.73. The number of nitrogens with zero attached hydrogens (tertiary/aromatic N) is 1. The Morgan fingerprint density at radius 2 is 1.59 bits per heavy atom. The van der Waals surface area contributed by atoms with E-state index in [1.165, 1.54) is 11.8 Å². The highest BCUT2D eigenvalue weighted by molar-refractivity contribution is 7.98. The molecule has 0 unspecified atom stereocenters. The Bertz CT molecular complexity index is 990. The third-order valence-electron chi connectivity index (χ3n) is 5.33. The second-order valence-corrected chi connectivity index (χ2v) is 9.53. The predicted octanol–water partition coefficient (Wildman–Crippen LogP) is -2.35. The van der Waals surface area contributed by atoms with Crippen LogP contribution in [-0.2, 0) is 30.4 Å². The van der Waals surface area contributed by atoms with Crippen LogP contribution in [-0.4, -0.2) is 90.4 Å². The number of aliphatic carboxylic acids is 1. The predicted molar refractivity (Wildman–Crippen MR) is 149 cm³/mol. The molecule has 0 fully saturated rings. The van der Waals surface area contributed by atoms with E-state index < -0.39 is 60.8 Å². The Morgan fingerprint density at radius 3 is 2.21 bits per heavy atom. The fraction of sp³-hybridized carbons (Fsp3) is 0.500. The van der Waals surface area contributed by atoms with Crippen molar-refractivity contribution < 1.29 is 29.1 Å². The molecular weight excluding hydrogens is 528 g/mol. The van der Waals surface area contributed by atoms with Crippen LogP contribution in [0.15, 0.2) is 35.3 Å². The van der Waals surface area contributed by atoms with Crippen LogP contribution >= 0.6 is 11.8 Å². The van der Waals surface area contributed by atoms with E-state index in [2.05, 4.69) is 26.3 Å². The summed E-state index contributed by atoms with van der Waals surface area (Å²) >= 11 is 1.45. The van der Waals surface area contributed by atoms with Gasteiger partial charge in [-0.15, -0.1) is 0 Å². The van der Waals surface area contributed by atoms with Crippen LogP contribution in [0.25, 0.3) is 0 Å². The number of benzene rings is 1. The zero-order valence-electron chi connectivity index (χ0n) is 21.9. The summed E-state index contributed by atoms with van der Waals surface area (Å²) in [6.45, 7) is -0.555. The van der Waals surface area contributed by atoms with Crippen molar-refractivity contribution >= 4 is 47.3 Å². The molecule has 14 nitrogen and oxygen atoms in total. The van der Waals surface area contributed by atoms with E-state index in [0.29, 0.717) is 25.1 Å². The molecule has 15 heteroatoms. The Labute approximate surface area is 231 Å². The number of hydrogen-bond donors (Lipinski definition) is 8. The van der Waals surface area contributed by atoms with Gasteiger partial charge < -0.3 is 43.6 Å². The molecule has 0 aromatic heterocycles. The summed E-state index contributed by atoms with van der Waals surface area (Å²) in [7, 11) is 0. The zero-order chi connectivity index (χ0) is 29.2. The monoisotopic (exact) mass is 566 g/mol. The number of nitrogens with two attached hydrogens (primary N) is 3. The van der Waals surface area contributed by atoms with Crippen LogP contribution in [0, 0.1) is 0 Å². The molecule has 0 saturated heterocycles. The second-order valence-electron chi connectivity index (χ2n) is 8.54. The van der Waals surface area contributed by atoms with Gasteiger partial charge in [-0.2, -0.15) is 11.8 Å². The summed E-state index contributed by atoms with van der Waals surface area (Å²) in [4.78, 5) is 64.9. The number of nitrogens with one attached hydrogen (secondary N) is 4. The number of carboxylic acids is 1. The zero-order valence-corrected chi connectivity index (χ0v) is 22.7. The van der Waals surface area contributed by atoms with Gasteiger partial charge in [0.05, 0.1) is 19.1 Å². The molecule has 0 spiro atoms. The summed E-state index contributed by atoms with van der Waals surface area (Å²) in [6, 6.07) is 5.83. The minimum absolute atomic E-state index is 0.0589. The van der Waals surface area contributed by atoms with Crippen molar-refractivity contribution in [2.75, 3.05) is 31.6 Å². The highest BCUT2D eigenvalue weighted by Crippen LogP contribution is 2.06. The van der Waals surface area contributed by atoms with E-state index in [1.807, 2.05) is 6.26 Å². The topological polar surface area (TPSA) is 244 Å². The van der Waals surface area contributed by atoms with Crippen LogP contribution in [0.5, 0.6) is 0 Å². The van der Waals surface area contributed by atoms with Gasteiger partial charge in [0.1, 0.15) is 12.1 Å². The maximum atomic E-state index is 12.9. The number of amides is 4. The Hall–Kier alpha value is -3.85. The summed E-state index contributed by atoms with van der Waals surface area (Å²) in [6.07, 6.45) is 2.93. The molecule has 39 heavy (non-hydrogen) atoms. The van der Waals surface area contributed by atoms with Gasteiger partial charge in [0, 0.05) is 13.0 Å². The van der Waals surface area contributed by atoms with E-state index in [-0.39, 0.29) is 18.8 Å². The van der Waals surface area contributed by atoms with E-state index in [9.17, 15) is 29.1 Å². The molecule has 0 saturated carbocycles. The fourth-order valence-electron chi connectivity index (χ4n) is 3.26. The van der Waals surface area contributed by atoms with Crippen molar-refractivity contribution in [2.24, 2.45) is 22.2 Å². The van der Waals surface area contributed by atoms with Crippen LogP contribution in [0.2, 0.25) is 0 Å². The molecule has 4 amide bonds. The molecule has 1 aromatic rings. The van der Waals surface area contributed by atoms with E-state index in [4.69, 9.17) is 17.2 Å². The third-order valence-corrected chi connectivity index (χ3v) is 5.98. The van der Waals surface area contributed by atoms with Crippen molar-refractivity contribution in [3.63, 3.8) is 0 Å². The second kappa shape index (κ2) is 18.4. The van der Waals surface area contributed by atoms with Crippen LogP contribution in [0.3, 0.4) is 0 Å². The quantitative estimate of drug-likeness (QED) is 0.0534. The van der Waals surface area contributed by atoms with Gasteiger partial charge >= 0.3 is 5.97 Å². The molecule has 0 aliphatic carbocycles. The van der Waals surface area contributed by atoms with Crippen molar-refractivity contribution in [2.45, 2.75) is 43.8 Å². The minimum Gasteiger partial charge on any atom is -0.480 e. The summed E-state index contributed by atoms with van der Waals surface area (Å²) < 4.78 is 0. The van der Waals surface area contributed by atoms with Crippen molar-refractivity contribution in [1.82, 2.24) is 21.3 Å². The van der Waals surface area contributed by atoms with Crippen molar-refractivity contribution in [3.8, 4) is 0 Å². The SMILES string of the molecule is CSCC[C@H](NC(=O)[C@H](Cc1ccccc1)NC(=O)CNC(=O)CNC(=O)[C@@H](N)CCCN=C(N)N)C(=O)O. The highest BCUT2D eigenvalue weighted by Gasteiger charge is 2.26. The molecule has 3 atom stereocenters. The van der Waals surface area contributed by atoms with Crippen LogP contribution < -0.4 is 38.5 Å². The average Bonchev–Trinajstić information content (AvgIpc) is 2.90. The van der Waals surface area contributed by atoms with Crippen LogP contribution in [0.4, 0.5) is 0 Å². The van der Waals surface area contributed by atoms with Gasteiger partial charge in [-0.05, 0) is 36.8 Å².